The zero-order valence-electron chi connectivity index (χ0n) is 51.9. The van der Waals surface area contributed by atoms with E-state index < -0.39 is 53.7 Å². The fraction of sp³-hybridized carbons (Fsp3) is 0.620. The van der Waals surface area contributed by atoms with E-state index in [9.17, 15) is 47.9 Å². The largest absolute Gasteiger partial charge is 0.481 e. The smallest absolute Gasteiger partial charge is 0.300 e. The molecule has 0 radical (unpaired) electrons. The van der Waals surface area contributed by atoms with Gasteiger partial charge in [-0.1, -0.05) is 0 Å². The van der Waals surface area contributed by atoms with Gasteiger partial charge < -0.3 is 99.0 Å². The van der Waals surface area contributed by atoms with Gasteiger partial charge in [-0.3, -0.25) is 43.2 Å². The minimum atomic E-state index is -0.833. The van der Waals surface area contributed by atoms with Crippen molar-refractivity contribution in [2.75, 3.05) is 6.61 Å². The van der Waals surface area contributed by atoms with Gasteiger partial charge in [-0.05, 0) is 138 Å². The molecule has 0 rings (SSSR count). The number of ketones is 10. The van der Waals surface area contributed by atoms with Gasteiger partial charge in [0.05, 0.1) is 0 Å². The second kappa shape index (κ2) is 123. The van der Waals surface area contributed by atoms with Gasteiger partial charge >= 0.3 is 0 Å². The van der Waals surface area contributed by atoms with Gasteiger partial charge in [0.15, 0.2) is 0 Å². The number of rotatable bonds is 3. The number of aliphatic hydroxyl groups is 1. The van der Waals surface area contributed by atoms with E-state index in [-0.39, 0.29) is 64.4 Å². The first-order valence-corrected chi connectivity index (χ1v) is 21.6. The topological polar surface area (TPSA) is 527 Å². The Morgan fingerprint density at radius 2 is 0.241 bits per heavy atom. The maximum atomic E-state index is 10.1. The SMILES string of the molecule is CC(=O)CCCO.CC(=O)O.CC(=O)O.CC(=O)O.CC(=O)O.CC(=O)O.CC(=O)O.CC(=O)O.CC(=O)O.CC(=O)O.CC(C)=O.CC(C)=O.CC(C)=O.CC(C)=O.CC(C)=O.CC(C)=O.CC(C)=O.CC(C)=O.CC(C)=O. The number of aliphatic carboxylic acids is 9. The molecule has 0 heterocycles. The van der Waals surface area contributed by atoms with E-state index in [0.717, 1.165) is 62.3 Å². The number of hydrogen-bond acceptors (Lipinski definition) is 20. The van der Waals surface area contributed by atoms with Crippen molar-refractivity contribution < 1.29 is 142 Å². The molecule has 0 aliphatic rings. The highest BCUT2D eigenvalue weighted by molar-refractivity contribution is 5.76. The van der Waals surface area contributed by atoms with Crippen molar-refractivity contribution >= 4 is 112 Å². The molecule has 29 nitrogen and oxygen atoms in total. The van der Waals surface area contributed by atoms with Crippen molar-refractivity contribution in [2.45, 2.75) is 207 Å². The van der Waals surface area contributed by atoms with E-state index in [1.807, 2.05) is 0 Å². The molecule has 0 aliphatic carbocycles. The molecule has 0 aromatic heterocycles. The highest BCUT2D eigenvalue weighted by atomic mass is 16.4. The molecule has 29 heteroatoms. The standard InChI is InChI=1S/C5H10O2.9C3H6O.9C2H4O2/c1-5(7)3-2-4-6;9*1-3(2)4;9*1-2(3)4/h6H,2-4H2,1H3;9*1-2H3;9*1H3,(H,3,4). The second-order valence-corrected chi connectivity index (χ2v) is 14.4. The highest BCUT2D eigenvalue weighted by Gasteiger charge is 1.88. The maximum Gasteiger partial charge on any atom is 0.300 e. The lowest BCUT2D eigenvalue weighted by Gasteiger charge is -1.86. The Bertz CT molecular complexity index is 1080. The summed E-state index contributed by atoms with van der Waals surface area (Å²) in [5, 5.41) is 74.9. The van der Waals surface area contributed by atoms with Crippen LogP contribution in [0.1, 0.15) is 207 Å². The molecule has 0 aromatic rings. The Labute approximate surface area is 466 Å². The zero-order chi connectivity index (χ0) is 70.1. The van der Waals surface area contributed by atoms with E-state index in [1.165, 1.54) is 132 Å². The summed E-state index contributed by atoms with van der Waals surface area (Å²) >= 11 is 0. The number of carboxylic acids is 9. The Morgan fingerprint density at radius 1 is 0.190 bits per heavy atom. The third-order valence-electron chi connectivity index (χ3n) is 0.687. The predicted molar refractivity (Wildman–Crippen MR) is 294 cm³/mol. The average Bonchev–Trinajstić information content (AvgIpc) is 3.03. The van der Waals surface area contributed by atoms with Gasteiger partial charge in [-0.25, -0.2) is 0 Å². The summed E-state index contributed by atoms with van der Waals surface area (Å²) in [5.41, 5.74) is 0. The number of carbonyl (C=O) groups is 19. The van der Waals surface area contributed by atoms with Gasteiger partial charge in [0.25, 0.3) is 53.7 Å². The summed E-state index contributed by atoms with van der Waals surface area (Å²) in [4.78, 5) is 176. The van der Waals surface area contributed by atoms with Crippen LogP contribution in [-0.4, -0.2) is 169 Å². The summed E-state index contributed by atoms with van der Waals surface area (Å²) < 4.78 is 0. The van der Waals surface area contributed by atoms with Crippen LogP contribution in [0, 0.1) is 0 Å². The number of hydrogen-bond donors (Lipinski definition) is 10. The van der Waals surface area contributed by atoms with E-state index in [2.05, 4.69) is 0 Å². The Kier molecular flexibility index (Phi) is 201. The number of Topliss-reactive ketones (excluding diaryl/α,β-unsaturated/α-hetero) is 10. The lowest BCUT2D eigenvalue weighted by molar-refractivity contribution is -0.135. The molecule has 0 unspecified atom stereocenters. The summed E-state index contributed by atoms with van der Waals surface area (Å²) in [6, 6.07) is 0. The molecular weight excluding hydrogens is 1060 g/mol. The van der Waals surface area contributed by atoms with Crippen LogP contribution in [0.25, 0.3) is 0 Å². The first kappa shape index (κ1) is 129. The molecule has 474 valence electrons. The van der Waals surface area contributed by atoms with Crippen LogP contribution in [0.2, 0.25) is 0 Å². The van der Waals surface area contributed by atoms with Crippen molar-refractivity contribution in [1.82, 2.24) is 0 Å². The molecule has 0 spiro atoms. The van der Waals surface area contributed by atoms with Crippen molar-refractivity contribution in [2.24, 2.45) is 0 Å². The van der Waals surface area contributed by atoms with Crippen molar-refractivity contribution in [1.29, 1.82) is 0 Å². The minimum Gasteiger partial charge on any atom is -0.481 e. The van der Waals surface area contributed by atoms with Crippen LogP contribution in [0.4, 0.5) is 0 Å². The van der Waals surface area contributed by atoms with Crippen molar-refractivity contribution in [3.05, 3.63) is 0 Å². The molecule has 0 saturated heterocycles. The third kappa shape index (κ3) is 19100. The van der Waals surface area contributed by atoms with Gasteiger partial charge in [0.2, 0.25) is 0 Å². The van der Waals surface area contributed by atoms with E-state index in [0.29, 0.717) is 12.8 Å². The summed E-state index contributed by atoms with van der Waals surface area (Å²) in [6.07, 6.45) is 1.12. The summed E-state index contributed by atoms with van der Waals surface area (Å²) in [5.74, 6) is -5.85. The van der Waals surface area contributed by atoms with Crippen LogP contribution in [0.3, 0.4) is 0 Å². The predicted octanol–water partition coefficient (Wildman–Crippen LogP) is 6.52. The Balaban J connectivity index is -0.0000000284. The second-order valence-electron chi connectivity index (χ2n) is 14.4. The van der Waals surface area contributed by atoms with Crippen molar-refractivity contribution in [3.8, 4) is 0 Å². The van der Waals surface area contributed by atoms with Crippen molar-refractivity contribution in [3.63, 3.8) is 0 Å². The molecule has 0 bridgehead atoms. The highest BCUT2D eigenvalue weighted by Crippen LogP contribution is 1.85. The molecule has 0 aromatic carbocycles. The molecule has 0 fully saturated rings. The van der Waals surface area contributed by atoms with E-state index >= 15 is 0 Å². The fourth-order valence-electron chi connectivity index (χ4n) is 0.328. The van der Waals surface area contributed by atoms with Crippen LogP contribution in [0.15, 0.2) is 0 Å². The molecule has 10 N–H and O–H groups in total. The lowest BCUT2D eigenvalue weighted by Crippen LogP contribution is -1.91. The third-order valence-corrected chi connectivity index (χ3v) is 0.687. The summed E-state index contributed by atoms with van der Waals surface area (Å²) in [7, 11) is 0. The monoisotopic (exact) mass is 1160 g/mol. The van der Waals surface area contributed by atoms with Crippen LogP contribution in [-0.2, 0) is 91.1 Å². The van der Waals surface area contributed by atoms with Gasteiger partial charge in [0, 0.05) is 75.3 Å². The molecule has 79 heavy (non-hydrogen) atoms. The fourth-order valence-corrected chi connectivity index (χ4v) is 0.328. The molecule has 0 atom stereocenters. The normalized spacial score (nSPS) is 6.59. The quantitative estimate of drug-likeness (QED) is 0.144. The first-order chi connectivity index (χ1) is 34.4. The van der Waals surface area contributed by atoms with Gasteiger partial charge in [0.1, 0.15) is 57.8 Å². The molecular formula is C50H100O29. The Hall–Kier alpha value is -8.11. The van der Waals surface area contributed by atoms with E-state index in [4.69, 9.17) is 94.2 Å². The lowest BCUT2D eigenvalue weighted by atomic mass is 10.2. The van der Waals surface area contributed by atoms with Gasteiger partial charge in [-0.15, -0.1) is 0 Å². The maximum absolute atomic E-state index is 10.1. The van der Waals surface area contributed by atoms with Gasteiger partial charge in [-0.2, -0.15) is 0 Å². The molecule has 0 amide bonds. The molecule has 0 saturated carbocycles. The van der Waals surface area contributed by atoms with Crippen LogP contribution < -0.4 is 0 Å². The summed E-state index contributed by atoms with van der Waals surface area (Å²) in [6.45, 7) is 38.9. The van der Waals surface area contributed by atoms with Crippen LogP contribution in [0.5, 0.6) is 0 Å². The molecule has 0 aliphatic heterocycles. The average molecular weight is 1170 g/mol. The number of aliphatic hydroxyl groups excluding tert-OH is 1. The Morgan fingerprint density at radius 3 is 0.253 bits per heavy atom. The number of carbonyl (C=O) groups excluding carboxylic acids is 10. The first-order valence-electron chi connectivity index (χ1n) is 21.6. The van der Waals surface area contributed by atoms with E-state index in [1.54, 1.807) is 0 Å². The zero-order valence-corrected chi connectivity index (χ0v) is 51.9. The minimum absolute atomic E-state index is 0.125. The van der Waals surface area contributed by atoms with Crippen LogP contribution >= 0.6 is 0 Å². The number of carboxylic acid groups (broad SMARTS) is 9.